The highest BCUT2D eigenvalue weighted by Crippen LogP contribution is 2.52. The first kappa shape index (κ1) is 27.0. The largest absolute Gasteiger partial charge is 0.507 e. The maximum Gasteiger partial charge on any atom is 0.235 e. The molecule has 11 heteroatoms. The number of rotatable bonds is 4. The van der Waals surface area contributed by atoms with Gasteiger partial charge in [0.1, 0.15) is 11.6 Å². The van der Waals surface area contributed by atoms with E-state index in [1.165, 1.54) is 25.1 Å². The molecule has 0 radical (unpaired) electrons. The number of fused-ring (bicyclic) bond motifs is 4. The summed E-state index contributed by atoms with van der Waals surface area (Å²) in [5.74, 6) is -12.4. The van der Waals surface area contributed by atoms with E-state index in [2.05, 4.69) is 0 Å². The lowest BCUT2D eigenvalue weighted by Gasteiger charge is -2.52. The summed E-state index contributed by atoms with van der Waals surface area (Å²) in [5.41, 5.74) is 2.87. The van der Waals surface area contributed by atoms with Gasteiger partial charge >= 0.3 is 0 Å². The maximum atomic E-state index is 15.9. The molecule has 3 aliphatic carbocycles. The van der Waals surface area contributed by atoms with Gasteiger partial charge in [0, 0.05) is 28.8 Å². The van der Waals surface area contributed by atoms with E-state index in [0.717, 1.165) is 5.56 Å². The van der Waals surface area contributed by atoms with Crippen molar-refractivity contribution in [3.05, 3.63) is 40.7 Å². The number of phenols is 1. The molecule has 1 amide bonds. The summed E-state index contributed by atoms with van der Waals surface area (Å²) in [4.78, 5) is 69.5. The number of ketones is 4. The maximum absolute atomic E-state index is 15.9. The molecule has 206 valence electrons. The van der Waals surface area contributed by atoms with Gasteiger partial charge in [0.15, 0.2) is 34.7 Å². The van der Waals surface area contributed by atoms with E-state index in [9.17, 15) is 34.2 Å². The van der Waals surface area contributed by atoms with Crippen molar-refractivity contribution < 1.29 is 38.6 Å². The number of aromatic hydroxyl groups is 1. The van der Waals surface area contributed by atoms with Gasteiger partial charge in [-0.1, -0.05) is 12.1 Å². The molecule has 0 aromatic heterocycles. The van der Waals surface area contributed by atoms with Gasteiger partial charge in [-0.2, -0.15) is 0 Å². The standard InChI is InChI=1S/C28H30FN3O7/c1-31(2)10-11-5-6-13-14(7-11)22(33)18-15(20(13)29)8-12-9-16-21(32(3)4)24(35)19(27(30)38)26(37)28(16,39)25(36)17(12)23(18)34/h5-7,12,16-17,19,21,33,39H,8-10H2,1-4H3,(H2,30,38)/t12-,16-,17?,19?,21-,28-/m0/s1. The van der Waals surface area contributed by atoms with Crippen LogP contribution in [-0.2, 0) is 32.1 Å². The molecule has 0 spiro atoms. The van der Waals surface area contributed by atoms with Gasteiger partial charge in [0.05, 0.1) is 17.5 Å². The fraction of sp³-hybridized carbons (Fsp3) is 0.464. The summed E-state index contributed by atoms with van der Waals surface area (Å²) in [7, 11) is 6.70. The van der Waals surface area contributed by atoms with Crippen LogP contribution in [0.5, 0.6) is 5.75 Å². The van der Waals surface area contributed by atoms with E-state index in [0.29, 0.717) is 6.54 Å². The lowest BCUT2D eigenvalue weighted by atomic mass is 9.52. The third-order valence-corrected chi connectivity index (χ3v) is 8.53. The number of hydrogen-bond donors (Lipinski definition) is 3. The van der Waals surface area contributed by atoms with Crippen LogP contribution in [0.15, 0.2) is 18.2 Å². The number of aliphatic hydroxyl groups is 1. The Bertz CT molecular complexity index is 1490. The first-order valence-corrected chi connectivity index (χ1v) is 12.7. The molecule has 0 bridgehead atoms. The molecule has 2 saturated carbocycles. The van der Waals surface area contributed by atoms with E-state index in [4.69, 9.17) is 5.73 Å². The van der Waals surface area contributed by atoms with Gasteiger partial charge in [-0.15, -0.1) is 0 Å². The Morgan fingerprint density at radius 2 is 1.77 bits per heavy atom. The van der Waals surface area contributed by atoms with E-state index in [1.54, 1.807) is 12.1 Å². The highest BCUT2D eigenvalue weighted by Gasteiger charge is 2.69. The number of nitrogens with two attached hydrogens (primary N) is 1. The zero-order valence-corrected chi connectivity index (χ0v) is 22.0. The summed E-state index contributed by atoms with van der Waals surface area (Å²) in [5, 5.41) is 23.0. The number of primary amides is 1. The van der Waals surface area contributed by atoms with Crippen LogP contribution in [0.1, 0.15) is 27.9 Å². The topological polar surface area (TPSA) is 158 Å². The minimum Gasteiger partial charge on any atom is -0.507 e. The van der Waals surface area contributed by atoms with Crippen LogP contribution < -0.4 is 5.73 Å². The number of nitrogens with zero attached hydrogens (tertiary/aromatic N) is 2. The molecule has 39 heavy (non-hydrogen) atoms. The van der Waals surface area contributed by atoms with Gasteiger partial charge in [-0.25, -0.2) is 4.39 Å². The van der Waals surface area contributed by atoms with Gasteiger partial charge in [0.2, 0.25) is 5.91 Å². The molecule has 3 aliphatic rings. The second-order valence-electron chi connectivity index (χ2n) is 11.4. The second kappa shape index (κ2) is 9.00. The molecule has 5 rings (SSSR count). The average molecular weight is 540 g/mol. The monoisotopic (exact) mass is 539 g/mol. The smallest absolute Gasteiger partial charge is 0.235 e. The zero-order chi connectivity index (χ0) is 28.7. The summed E-state index contributed by atoms with van der Waals surface area (Å²) in [6.07, 6.45) is -0.259. The molecular formula is C28H30FN3O7. The molecule has 10 nitrogen and oxygen atoms in total. The SMILES string of the molecule is CN(C)Cc1ccc2c(F)c3c(c(O)c2c1)C(=O)C1C(=O)[C@]2(O)C(=O)C(C(N)=O)C(=O)[C@@H](N(C)C)[C@@H]2C[C@@H]1C3. The Kier molecular flexibility index (Phi) is 6.24. The number of amides is 1. The zero-order valence-electron chi connectivity index (χ0n) is 22.0. The Hall–Kier alpha value is -3.54. The number of carbonyl (C=O) groups is 5. The van der Waals surface area contributed by atoms with E-state index < -0.39 is 75.9 Å². The first-order valence-electron chi connectivity index (χ1n) is 12.7. The summed E-state index contributed by atoms with van der Waals surface area (Å²) in [6.45, 7) is 0.495. The lowest BCUT2D eigenvalue weighted by molar-refractivity contribution is -0.181. The third kappa shape index (κ3) is 3.67. The van der Waals surface area contributed by atoms with Gasteiger partial charge < -0.3 is 20.8 Å². The molecule has 2 aromatic rings. The number of phenolic OH excluding ortho intramolecular Hbond substituents is 1. The summed E-state index contributed by atoms with van der Waals surface area (Å²) < 4.78 is 15.9. The number of benzene rings is 2. The van der Waals surface area contributed by atoms with Gasteiger partial charge in [0.25, 0.3) is 0 Å². The van der Waals surface area contributed by atoms with Crippen LogP contribution in [-0.4, -0.2) is 88.9 Å². The number of halogens is 1. The van der Waals surface area contributed by atoms with Crippen molar-refractivity contribution in [2.45, 2.75) is 31.0 Å². The van der Waals surface area contributed by atoms with Crippen LogP contribution >= 0.6 is 0 Å². The molecule has 0 saturated heterocycles. The quantitative estimate of drug-likeness (QED) is 0.462. The third-order valence-electron chi connectivity index (χ3n) is 8.53. The van der Waals surface area contributed by atoms with Crippen molar-refractivity contribution in [1.82, 2.24) is 9.80 Å². The van der Waals surface area contributed by atoms with Crippen molar-refractivity contribution in [3.63, 3.8) is 0 Å². The Morgan fingerprint density at radius 3 is 2.36 bits per heavy atom. The summed E-state index contributed by atoms with van der Waals surface area (Å²) in [6, 6.07) is 3.63. The fourth-order valence-electron chi connectivity index (χ4n) is 6.93. The number of Topliss-reactive ketones (excluding diaryl/α,β-unsaturated/α-hetero) is 4. The molecule has 2 unspecified atom stereocenters. The molecule has 0 aliphatic heterocycles. The molecular weight excluding hydrogens is 509 g/mol. The number of hydrogen-bond acceptors (Lipinski definition) is 9. The van der Waals surface area contributed by atoms with Gasteiger partial charge in [-0.05, 0) is 58.6 Å². The second-order valence-corrected chi connectivity index (χ2v) is 11.4. The highest BCUT2D eigenvalue weighted by molar-refractivity contribution is 6.32. The summed E-state index contributed by atoms with van der Waals surface area (Å²) >= 11 is 0. The Balaban J connectivity index is 1.67. The predicted molar refractivity (Wildman–Crippen MR) is 136 cm³/mol. The lowest BCUT2D eigenvalue weighted by Crippen LogP contribution is -2.74. The van der Waals surface area contributed by atoms with Crippen molar-refractivity contribution in [2.75, 3.05) is 28.2 Å². The molecule has 2 fully saturated rings. The van der Waals surface area contributed by atoms with E-state index in [1.807, 2.05) is 19.0 Å². The van der Waals surface area contributed by atoms with Crippen molar-refractivity contribution in [2.24, 2.45) is 29.4 Å². The Labute approximate surface area is 223 Å². The van der Waals surface area contributed by atoms with Crippen molar-refractivity contribution in [3.8, 4) is 5.75 Å². The first-order chi connectivity index (χ1) is 18.2. The van der Waals surface area contributed by atoms with E-state index in [-0.39, 0.29) is 34.7 Å². The van der Waals surface area contributed by atoms with Crippen LogP contribution in [0.3, 0.4) is 0 Å². The average Bonchev–Trinajstić information content (AvgIpc) is 2.83. The molecule has 6 atom stereocenters. The van der Waals surface area contributed by atoms with Crippen molar-refractivity contribution >= 4 is 39.8 Å². The van der Waals surface area contributed by atoms with Crippen molar-refractivity contribution in [1.29, 1.82) is 0 Å². The minimum atomic E-state index is -2.82. The van der Waals surface area contributed by atoms with Crippen LogP contribution in [0.4, 0.5) is 4.39 Å². The molecule has 0 heterocycles. The van der Waals surface area contributed by atoms with Crippen LogP contribution in [0.25, 0.3) is 10.8 Å². The van der Waals surface area contributed by atoms with Crippen LogP contribution in [0, 0.1) is 29.5 Å². The van der Waals surface area contributed by atoms with Crippen LogP contribution in [0.2, 0.25) is 0 Å². The minimum absolute atomic E-state index is 0.0465. The van der Waals surface area contributed by atoms with E-state index >= 15 is 4.39 Å². The fourth-order valence-corrected chi connectivity index (χ4v) is 6.93. The molecule has 2 aromatic carbocycles. The normalized spacial score (nSPS) is 30.5. The molecule has 4 N–H and O–H groups in total. The highest BCUT2D eigenvalue weighted by atomic mass is 19.1. The number of likely N-dealkylation sites (N-methyl/N-ethyl adjacent to an activating group) is 1. The van der Waals surface area contributed by atoms with Gasteiger partial charge in [-0.3, -0.25) is 28.9 Å². The Morgan fingerprint density at radius 1 is 1.10 bits per heavy atom. The number of carbonyl (C=O) groups excluding carboxylic acids is 5. The predicted octanol–water partition coefficient (Wildman–Crippen LogP) is 0.221.